The van der Waals surface area contributed by atoms with Gasteiger partial charge in [0.15, 0.2) is 10.8 Å². The van der Waals surface area contributed by atoms with Crippen LogP contribution in [0.3, 0.4) is 0 Å². The Bertz CT molecular complexity index is 1100. The molecule has 1 aliphatic rings. The molecule has 1 N–H and O–H groups in total. The van der Waals surface area contributed by atoms with Gasteiger partial charge in [-0.05, 0) is 24.7 Å². The molecule has 144 valence electrons. The van der Waals surface area contributed by atoms with E-state index in [2.05, 4.69) is 25.9 Å². The normalized spacial score (nSPS) is 17.7. The molecule has 0 aliphatic carbocycles. The second-order valence-corrected chi connectivity index (χ2v) is 7.86. The van der Waals surface area contributed by atoms with E-state index in [1.165, 1.54) is 16.3 Å². The zero-order valence-electron chi connectivity index (χ0n) is 15.2. The van der Waals surface area contributed by atoms with Crippen LogP contribution < -0.4 is 5.69 Å². The molecule has 0 bridgehead atoms. The Hall–Kier alpha value is -2.31. The summed E-state index contributed by atoms with van der Waals surface area (Å²) in [7, 11) is 2.03. The molecule has 1 fully saturated rings. The van der Waals surface area contributed by atoms with Crippen LogP contribution in [0.15, 0.2) is 34.2 Å². The Labute approximate surface area is 171 Å². The van der Waals surface area contributed by atoms with E-state index < -0.39 is 0 Å². The number of terminal acetylenes is 1. The molecule has 0 saturated carbocycles. The van der Waals surface area contributed by atoms with Crippen molar-refractivity contribution >= 4 is 29.0 Å². The van der Waals surface area contributed by atoms with Gasteiger partial charge in [-0.25, -0.2) is 9.78 Å². The van der Waals surface area contributed by atoms with Crippen molar-refractivity contribution in [2.45, 2.75) is 11.3 Å². The number of thioether (sulfide) groups is 1. The third kappa shape index (κ3) is 3.66. The van der Waals surface area contributed by atoms with Crippen molar-refractivity contribution in [2.75, 3.05) is 32.5 Å². The number of nitrogens with one attached hydrogen (secondary N) is 1. The number of hydrogen-bond acceptors (Lipinski definition) is 6. The van der Waals surface area contributed by atoms with E-state index in [9.17, 15) is 4.79 Å². The number of hydrogen-bond donors (Lipinski definition) is 1. The number of fused-ring (bicyclic) bond motifs is 1. The number of morpholine rings is 1. The van der Waals surface area contributed by atoms with Gasteiger partial charge in [-0.15, -0.1) is 6.42 Å². The summed E-state index contributed by atoms with van der Waals surface area (Å²) in [6.07, 6.45) is 5.08. The fourth-order valence-electron chi connectivity index (χ4n) is 3.18. The first-order valence-electron chi connectivity index (χ1n) is 8.72. The first kappa shape index (κ1) is 19.0. The van der Waals surface area contributed by atoms with Gasteiger partial charge in [0.2, 0.25) is 0 Å². The third-order valence-corrected chi connectivity index (χ3v) is 5.53. The molecule has 1 unspecified atom stereocenters. The molecular formula is C19H18ClN5O2S. The highest BCUT2D eigenvalue weighted by Crippen LogP contribution is 2.34. The lowest BCUT2D eigenvalue weighted by Crippen LogP contribution is -2.35. The van der Waals surface area contributed by atoms with Gasteiger partial charge < -0.3 is 9.64 Å². The minimum Gasteiger partial charge on any atom is -0.369 e. The second-order valence-electron chi connectivity index (χ2n) is 6.46. The van der Waals surface area contributed by atoms with Crippen molar-refractivity contribution in [3.8, 4) is 23.5 Å². The monoisotopic (exact) mass is 415 g/mol. The van der Waals surface area contributed by atoms with Crippen molar-refractivity contribution in [3.05, 3.63) is 45.5 Å². The van der Waals surface area contributed by atoms with Crippen molar-refractivity contribution in [3.63, 3.8) is 0 Å². The second kappa shape index (κ2) is 7.97. The van der Waals surface area contributed by atoms with E-state index >= 15 is 0 Å². The number of aromatic amines is 1. The van der Waals surface area contributed by atoms with Gasteiger partial charge in [0, 0.05) is 18.1 Å². The summed E-state index contributed by atoms with van der Waals surface area (Å²) in [5, 5.41) is 5.65. The van der Waals surface area contributed by atoms with Crippen LogP contribution in [0.5, 0.6) is 0 Å². The van der Waals surface area contributed by atoms with E-state index in [0.29, 0.717) is 40.4 Å². The molecule has 3 aromatic rings. The first-order valence-corrected chi connectivity index (χ1v) is 10.1. The Balaban J connectivity index is 1.93. The van der Waals surface area contributed by atoms with Crippen LogP contribution in [0.1, 0.15) is 11.8 Å². The van der Waals surface area contributed by atoms with Crippen LogP contribution in [0.25, 0.3) is 16.8 Å². The van der Waals surface area contributed by atoms with Crippen LogP contribution in [-0.4, -0.2) is 57.0 Å². The summed E-state index contributed by atoms with van der Waals surface area (Å²) >= 11 is 7.36. The largest absolute Gasteiger partial charge is 0.369 e. The molecule has 0 amide bonds. The number of H-pyrrole nitrogens is 1. The quantitative estimate of drug-likeness (QED) is 0.521. The molecule has 1 aromatic carbocycles. The number of halogens is 1. The number of likely N-dealkylation sites (N-methyl/N-ethyl adjacent to an activating group) is 1. The highest BCUT2D eigenvalue weighted by Gasteiger charge is 2.28. The summed E-state index contributed by atoms with van der Waals surface area (Å²) in [5.74, 6) is 2.95. The number of benzene rings is 1. The van der Waals surface area contributed by atoms with Gasteiger partial charge >= 0.3 is 5.69 Å². The average Bonchev–Trinajstić information content (AvgIpc) is 3.07. The minimum absolute atomic E-state index is 0.257. The lowest BCUT2D eigenvalue weighted by atomic mass is 10.0. The lowest BCUT2D eigenvalue weighted by Gasteiger charge is -2.29. The zero-order chi connectivity index (χ0) is 19.7. The lowest BCUT2D eigenvalue weighted by molar-refractivity contribution is -0.0229. The fraction of sp³-hybridized carbons (Fsp3) is 0.316. The molecular weight excluding hydrogens is 398 g/mol. The van der Waals surface area contributed by atoms with Gasteiger partial charge in [-0.1, -0.05) is 41.4 Å². The van der Waals surface area contributed by atoms with E-state index in [0.717, 1.165) is 17.7 Å². The van der Waals surface area contributed by atoms with Crippen LogP contribution in [-0.2, 0) is 4.74 Å². The number of ether oxygens (including phenoxy) is 1. The smallest absolute Gasteiger partial charge is 0.350 e. The Morgan fingerprint density at radius 3 is 2.93 bits per heavy atom. The molecule has 28 heavy (non-hydrogen) atoms. The van der Waals surface area contributed by atoms with Gasteiger partial charge in [-0.2, -0.15) is 9.61 Å². The van der Waals surface area contributed by atoms with Gasteiger partial charge in [0.05, 0.1) is 17.9 Å². The molecule has 1 atom stereocenters. The Morgan fingerprint density at radius 1 is 1.43 bits per heavy atom. The van der Waals surface area contributed by atoms with Crippen LogP contribution >= 0.6 is 23.4 Å². The number of aromatic nitrogens is 4. The highest BCUT2D eigenvalue weighted by molar-refractivity contribution is 7.99. The molecule has 1 aliphatic heterocycles. The first-order chi connectivity index (χ1) is 13.6. The van der Waals surface area contributed by atoms with Gasteiger partial charge in [-0.3, -0.25) is 4.98 Å². The van der Waals surface area contributed by atoms with Crippen molar-refractivity contribution in [2.24, 2.45) is 0 Å². The molecule has 0 spiro atoms. The van der Waals surface area contributed by atoms with Crippen LogP contribution in [0, 0.1) is 12.3 Å². The van der Waals surface area contributed by atoms with Crippen LogP contribution in [0.4, 0.5) is 0 Å². The fourth-order valence-corrected chi connectivity index (χ4v) is 3.84. The molecule has 7 nitrogen and oxygen atoms in total. The molecule has 3 heterocycles. The topological polar surface area (TPSA) is 75.5 Å². The average molecular weight is 416 g/mol. The summed E-state index contributed by atoms with van der Waals surface area (Å²) in [5.41, 5.74) is 2.43. The van der Waals surface area contributed by atoms with E-state index in [1.54, 1.807) is 12.1 Å². The molecule has 4 rings (SSSR count). The van der Waals surface area contributed by atoms with E-state index in [-0.39, 0.29) is 11.8 Å². The predicted octanol–water partition coefficient (Wildman–Crippen LogP) is 2.47. The summed E-state index contributed by atoms with van der Waals surface area (Å²) in [6, 6.07) is 7.40. The maximum absolute atomic E-state index is 12.6. The van der Waals surface area contributed by atoms with Crippen molar-refractivity contribution in [1.82, 2.24) is 24.5 Å². The molecule has 1 saturated heterocycles. The van der Waals surface area contributed by atoms with Crippen LogP contribution in [0.2, 0.25) is 5.02 Å². The summed E-state index contributed by atoms with van der Waals surface area (Å²) in [4.78, 5) is 22.1. The molecule has 2 aromatic heterocycles. The number of rotatable bonds is 4. The highest BCUT2D eigenvalue weighted by atomic mass is 35.5. The molecule has 0 radical (unpaired) electrons. The van der Waals surface area contributed by atoms with E-state index in [4.69, 9.17) is 22.8 Å². The third-order valence-electron chi connectivity index (χ3n) is 4.50. The SMILES string of the molecule is C#CCSc1nc2c(-c3ccc(Cl)cc3)c(C3CN(C)CCO3)nn2c(=O)[nH]1. The van der Waals surface area contributed by atoms with Crippen molar-refractivity contribution < 1.29 is 4.74 Å². The molecule has 9 heteroatoms. The standard InChI is InChI=1S/C19H18ClN5O2S/c1-3-10-28-18-21-17-15(12-4-6-13(20)7-5-12)16(23-25(17)19(26)22-18)14-11-24(2)8-9-27-14/h1,4-7,14H,8-11H2,2H3,(H,21,22,26). The number of nitrogens with zero attached hydrogens (tertiary/aromatic N) is 4. The predicted molar refractivity (Wildman–Crippen MR) is 110 cm³/mol. The maximum atomic E-state index is 12.6. The zero-order valence-corrected chi connectivity index (χ0v) is 16.8. The minimum atomic E-state index is -0.366. The summed E-state index contributed by atoms with van der Waals surface area (Å²) < 4.78 is 7.26. The van der Waals surface area contributed by atoms with E-state index in [1.807, 2.05) is 19.2 Å². The van der Waals surface area contributed by atoms with Gasteiger partial charge in [0.1, 0.15) is 11.8 Å². The van der Waals surface area contributed by atoms with Gasteiger partial charge in [0.25, 0.3) is 0 Å². The van der Waals surface area contributed by atoms with Crippen molar-refractivity contribution in [1.29, 1.82) is 0 Å². The Morgan fingerprint density at radius 2 is 2.21 bits per heavy atom. The Kier molecular flexibility index (Phi) is 5.42. The summed E-state index contributed by atoms with van der Waals surface area (Å²) in [6.45, 7) is 2.13. The maximum Gasteiger partial charge on any atom is 0.350 e.